The highest BCUT2D eigenvalue weighted by Gasteiger charge is 2.46. The fourth-order valence-corrected chi connectivity index (χ4v) is 8.44. The molecule has 0 fully saturated rings. The molecule has 3 nitrogen and oxygen atoms in total. The molecule has 1 aliphatic carbocycles. The van der Waals surface area contributed by atoms with Crippen molar-refractivity contribution in [1.29, 1.82) is 0 Å². The number of nitrogens with zero attached hydrogens (tertiary/aromatic N) is 2. The van der Waals surface area contributed by atoms with E-state index in [4.69, 9.17) is 14.7 Å². The summed E-state index contributed by atoms with van der Waals surface area (Å²) < 4.78 is 6.58. The van der Waals surface area contributed by atoms with E-state index in [-0.39, 0.29) is 0 Å². The number of allylic oxidation sites excluding steroid dienone is 6. The lowest BCUT2D eigenvalue weighted by molar-refractivity contribution is 0.434. The van der Waals surface area contributed by atoms with Crippen LogP contribution in [-0.2, 0) is 5.41 Å². The standard InChI is InChI=1S/C54H38N2O/c1-4-17-41(18-5-1)49-37-50(42-19-6-2-7-20-42)56-53(55-49)43-22-16-21-38(33-36-43)39-31-34-40(35-32-39)45-25-10-11-26-46(45)54(44-23-8-3-9-24-44)47-27-12-14-29-51(47)57-52-30-15-13-28-48(52)54/h1-20,22-37H,21H2. The molecule has 7 aromatic carbocycles. The first-order chi connectivity index (χ1) is 28.3. The fourth-order valence-electron chi connectivity index (χ4n) is 8.44. The summed E-state index contributed by atoms with van der Waals surface area (Å²) in [7, 11) is 0. The molecule has 3 heteroatoms. The van der Waals surface area contributed by atoms with E-state index in [0.29, 0.717) is 5.82 Å². The second kappa shape index (κ2) is 14.7. The second-order valence-electron chi connectivity index (χ2n) is 14.4. The molecule has 57 heavy (non-hydrogen) atoms. The number of aromatic nitrogens is 2. The lowest BCUT2D eigenvalue weighted by Crippen LogP contribution is -2.34. The molecule has 0 unspecified atom stereocenters. The van der Waals surface area contributed by atoms with Gasteiger partial charge in [-0.05, 0) is 58.0 Å². The fraction of sp³-hybridized carbons (Fsp3) is 0.0370. The largest absolute Gasteiger partial charge is 0.457 e. The molecule has 0 bridgehead atoms. The Morgan fingerprint density at radius 1 is 0.439 bits per heavy atom. The minimum Gasteiger partial charge on any atom is -0.457 e. The number of hydrogen-bond donors (Lipinski definition) is 0. The predicted octanol–water partition coefficient (Wildman–Crippen LogP) is 13.4. The topological polar surface area (TPSA) is 35.0 Å². The molecule has 270 valence electrons. The Hall–Kier alpha value is -7.36. The van der Waals surface area contributed by atoms with Gasteiger partial charge in [-0.15, -0.1) is 0 Å². The highest BCUT2D eigenvalue weighted by Crippen LogP contribution is 2.56. The molecular formula is C54H38N2O. The van der Waals surface area contributed by atoms with Crippen LogP contribution in [0.1, 0.15) is 40.1 Å². The maximum Gasteiger partial charge on any atom is 0.160 e. The Morgan fingerprint density at radius 3 is 1.56 bits per heavy atom. The zero-order chi connectivity index (χ0) is 38.0. The monoisotopic (exact) mass is 730 g/mol. The molecule has 0 N–H and O–H groups in total. The van der Waals surface area contributed by atoms with Crippen molar-refractivity contribution < 1.29 is 4.74 Å². The van der Waals surface area contributed by atoms with Gasteiger partial charge in [-0.1, -0.05) is 200 Å². The first kappa shape index (κ1) is 34.2. The molecule has 0 saturated carbocycles. The molecule has 0 radical (unpaired) electrons. The summed E-state index contributed by atoms with van der Waals surface area (Å²) in [5.41, 5.74) is 13.7. The number of para-hydroxylation sites is 2. The minimum atomic E-state index is -0.599. The molecule has 10 rings (SSSR count). The Morgan fingerprint density at radius 2 is 0.947 bits per heavy atom. The van der Waals surface area contributed by atoms with Crippen LogP contribution in [0.25, 0.3) is 44.8 Å². The van der Waals surface area contributed by atoms with Gasteiger partial charge in [0.15, 0.2) is 5.82 Å². The van der Waals surface area contributed by atoms with Crippen molar-refractivity contribution in [2.24, 2.45) is 0 Å². The van der Waals surface area contributed by atoms with Crippen LogP contribution in [0.4, 0.5) is 0 Å². The third-order valence-corrected chi connectivity index (χ3v) is 11.1. The third-order valence-electron chi connectivity index (χ3n) is 11.1. The first-order valence-corrected chi connectivity index (χ1v) is 19.5. The molecule has 2 aliphatic rings. The smallest absolute Gasteiger partial charge is 0.160 e. The van der Waals surface area contributed by atoms with E-state index in [1.165, 1.54) is 27.8 Å². The Kier molecular flexibility index (Phi) is 8.81. The molecular weight excluding hydrogens is 693 g/mol. The van der Waals surface area contributed by atoms with E-state index in [2.05, 4.69) is 182 Å². The summed E-state index contributed by atoms with van der Waals surface area (Å²) in [5, 5.41) is 0. The number of benzene rings is 7. The van der Waals surface area contributed by atoms with Gasteiger partial charge in [0.2, 0.25) is 0 Å². The highest BCUT2D eigenvalue weighted by atomic mass is 16.5. The van der Waals surface area contributed by atoms with Crippen molar-refractivity contribution >= 4 is 11.1 Å². The zero-order valence-electron chi connectivity index (χ0n) is 31.3. The first-order valence-electron chi connectivity index (χ1n) is 19.5. The van der Waals surface area contributed by atoms with Gasteiger partial charge in [0.25, 0.3) is 0 Å². The predicted molar refractivity (Wildman–Crippen MR) is 233 cm³/mol. The maximum absolute atomic E-state index is 6.58. The van der Waals surface area contributed by atoms with Gasteiger partial charge in [0, 0.05) is 27.8 Å². The number of ether oxygens (including phenoxy) is 1. The van der Waals surface area contributed by atoms with E-state index in [1.54, 1.807) is 0 Å². The molecule has 0 spiro atoms. The average molecular weight is 731 g/mol. The van der Waals surface area contributed by atoms with Crippen molar-refractivity contribution in [2.75, 3.05) is 0 Å². The summed E-state index contributed by atoms with van der Waals surface area (Å²) in [6, 6.07) is 68.4. The quantitative estimate of drug-likeness (QED) is 0.164. The lowest BCUT2D eigenvalue weighted by atomic mass is 9.62. The average Bonchev–Trinajstić information content (AvgIpc) is 3.56. The van der Waals surface area contributed by atoms with Crippen LogP contribution in [0.15, 0.2) is 218 Å². The lowest BCUT2D eigenvalue weighted by Gasteiger charge is -2.42. The number of fused-ring (bicyclic) bond motifs is 2. The van der Waals surface area contributed by atoms with Gasteiger partial charge in [0.1, 0.15) is 11.5 Å². The van der Waals surface area contributed by atoms with Gasteiger partial charge >= 0.3 is 0 Å². The molecule has 2 heterocycles. The number of hydrogen-bond acceptors (Lipinski definition) is 3. The van der Waals surface area contributed by atoms with Crippen LogP contribution in [0.2, 0.25) is 0 Å². The zero-order valence-corrected chi connectivity index (χ0v) is 31.3. The van der Waals surface area contributed by atoms with E-state index in [9.17, 15) is 0 Å². The van der Waals surface area contributed by atoms with Gasteiger partial charge in [-0.3, -0.25) is 0 Å². The van der Waals surface area contributed by atoms with Crippen LogP contribution in [0.5, 0.6) is 11.5 Å². The maximum atomic E-state index is 6.58. The van der Waals surface area contributed by atoms with E-state index >= 15 is 0 Å². The highest BCUT2D eigenvalue weighted by molar-refractivity contribution is 5.83. The third kappa shape index (κ3) is 6.20. The van der Waals surface area contributed by atoms with Crippen molar-refractivity contribution in [3.05, 3.63) is 252 Å². The molecule has 1 aliphatic heterocycles. The number of rotatable bonds is 7. The molecule has 0 amide bonds. The normalized spacial score (nSPS) is 14.0. The van der Waals surface area contributed by atoms with Crippen molar-refractivity contribution in [3.63, 3.8) is 0 Å². The van der Waals surface area contributed by atoms with Crippen LogP contribution < -0.4 is 4.74 Å². The van der Waals surface area contributed by atoms with Crippen LogP contribution in [0.3, 0.4) is 0 Å². The van der Waals surface area contributed by atoms with Gasteiger partial charge in [-0.25, -0.2) is 9.97 Å². The summed E-state index contributed by atoms with van der Waals surface area (Å²) in [4.78, 5) is 10.1. The van der Waals surface area contributed by atoms with Crippen molar-refractivity contribution in [3.8, 4) is 45.1 Å². The van der Waals surface area contributed by atoms with Gasteiger partial charge < -0.3 is 4.74 Å². The van der Waals surface area contributed by atoms with Crippen molar-refractivity contribution in [1.82, 2.24) is 9.97 Å². The summed E-state index contributed by atoms with van der Waals surface area (Å²) in [5.74, 6) is 2.46. The van der Waals surface area contributed by atoms with Crippen molar-refractivity contribution in [2.45, 2.75) is 11.8 Å². The van der Waals surface area contributed by atoms with Crippen LogP contribution >= 0.6 is 0 Å². The molecule has 8 aromatic rings. The molecule has 0 saturated heterocycles. The van der Waals surface area contributed by atoms with Gasteiger partial charge in [-0.2, -0.15) is 0 Å². The van der Waals surface area contributed by atoms with Crippen LogP contribution in [-0.4, -0.2) is 9.97 Å². The van der Waals surface area contributed by atoms with E-state index in [1.807, 2.05) is 36.4 Å². The second-order valence-corrected chi connectivity index (χ2v) is 14.4. The van der Waals surface area contributed by atoms with E-state index < -0.39 is 5.41 Å². The summed E-state index contributed by atoms with van der Waals surface area (Å²) in [6.07, 6.45) is 9.55. The molecule has 1 aromatic heterocycles. The Balaban J connectivity index is 1.04. The summed E-state index contributed by atoms with van der Waals surface area (Å²) >= 11 is 0. The van der Waals surface area contributed by atoms with E-state index in [0.717, 1.165) is 62.7 Å². The SMILES string of the molecule is C1=CC(c2nc(-c3ccccc3)cc(-c3ccccc3)n2)=CC=C(c2ccc(-c3ccccc3C3(c4ccccc4)c4ccccc4Oc4ccccc43)cc2)C1. The minimum absolute atomic E-state index is 0.599. The Bertz CT molecular complexity index is 2720. The van der Waals surface area contributed by atoms with Gasteiger partial charge in [0.05, 0.1) is 16.8 Å². The molecule has 0 atom stereocenters. The Labute approximate surface area is 333 Å². The summed E-state index contributed by atoms with van der Waals surface area (Å²) in [6.45, 7) is 0. The van der Waals surface area contributed by atoms with Crippen LogP contribution in [0, 0.1) is 0 Å².